The van der Waals surface area contributed by atoms with E-state index in [0.717, 1.165) is 18.7 Å². The molecule has 1 fully saturated rings. The molecule has 0 unspecified atom stereocenters. The van der Waals surface area contributed by atoms with Gasteiger partial charge in [-0.25, -0.2) is 9.07 Å². The fourth-order valence-electron chi connectivity index (χ4n) is 2.40. The summed E-state index contributed by atoms with van der Waals surface area (Å²) in [6.07, 6.45) is 1.75. The third kappa shape index (κ3) is 2.10. The molecule has 112 valence electrons. The highest BCUT2D eigenvalue weighted by Crippen LogP contribution is 2.25. The minimum atomic E-state index is -0.330. The number of para-hydroxylation sites is 1. The molecule has 22 heavy (non-hydrogen) atoms. The molecule has 2 aromatic heterocycles. The molecule has 0 atom stereocenters. The maximum absolute atomic E-state index is 13.9. The third-order valence-corrected chi connectivity index (χ3v) is 3.79. The van der Waals surface area contributed by atoms with Crippen molar-refractivity contribution in [3.63, 3.8) is 0 Å². The van der Waals surface area contributed by atoms with Crippen molar-refractivity contribution in [2.45, 2.75) is 12.8 Å². The van der Waals surface area contributed by atoms with Gasteiger partial charge in [-0.1, -0.05) is 17.3 Å². The van der Waals surface area contributed by atoms with Crippen molar-refractivity contribution in [1.82, 2.24) is 25.2 Å². The molecular formula is C15H14FN5O. The third-order valence-electron chi connectivity index (χ3n) is 3.79. The first-order chi connectivity index (χ1) is 10.7. The van der Waals surface area contributed by atoms with Crippen molar-refractivity contribution in [2.75, 3.05) is 13.1 Å². The zero-order valence-electron chi connectivity index (χ0n) is 12.0. The summed E-state index contributed by atoms with van der Waals surface area (Å²) in [6.45, 7) is 3.61. The van der Waals surface area contributed by atoms with Gasteiger partial charge >= 0.3 is 0 Å². The van der Waals surface area contributed by atoms with Gasteiger partial charge in [-0.2, -0.15) is 10.1 Å². The molecule has 0 amide bonds. The maximum Gasteiger partial charge on any atom is 0.278 e. The summed E-state index contributed by atoms with van der Waals surface area (Å²) in [6, 6.07) is 6.49. The second-order valence-electron chi connectivity index (χ2n) is 5.37. The minimum Gasteiger partial charge on any atom is -0.332 e. The Bertz CT molecular complexity index is 821. The second kappa shape index (κ2) is 5.03. The summed E-state index contributed by atoms with van der Waals surface area (Å²) in [5.74, 6) is 1.03. The molecule has 1 aromatic carbocycles. The Morgan fingerprint density at radius 1 is 1.32 bits per heavy atom. The summed E-state index contributed by atoms with van der Waals surface area (Å²) in [5, 5.41) is 11.6. The first-order valence-corrected chi connectivity index (χ1v) is 7.08. The van der Waals surface area contributed by atoms with Crippen LogP contribution in [0.3, 0.4) is 0 Å². The van der Waals surface area contributed by atoms with Gasteiger partial charge < -0.3 is 9.84 Å². The van der Waals surface area contributed by atoms with E-state index >= 15 is 0 Å². The highest BCUT2D eigenvalue weighted by Gasteiger charge is 2.25. The summed E-state index contributed by atoms with van der Waals surface area (Å²) >= 11 is 0. The fourth-order valence-corrected chi connectivity index (χ4v) is 2.40. The van der Waals surface area contributed by atoms with Crippen LogP contribution in [0.15, 0.2) is 35.0 Å². The van der Waals surface area contributed by atoms with Crippen LogP contribution in [0.4, 0.5) is 4.39 Å². The monoisotopic (exact) mass is 299 g/mol. The SMILES string of the molecule is Cc1cn(-c2ccccc2F)nc1-c1nc(C2CNC2)no1. The zero-order valence-corrected chi connectivity index (χ0v) is 12.0. The molecule has 3 heterocycles. The summed E-state index contributed by atoms with van der Waals surface area (Å²) < 4.78 is 20.7. The van der Waals surface area contributed by atoms with Crippen LogP contribution < -0.4 is 5.32 Å². The molecule has 0 saturated carbocycles. The van der Waals surface area contributed by atoms with E-state index in [1.165, 1.54) is 10.7 Å². The van der Waals surface area contributed by atoms with E-state index in [-0.39, 0.29) is 5.82 Å². The van der Waals surface area contributed by atoms with Gasteiger partial charge in [0.15, 0.2) is 11.5 Å². The van der Waals surface area contributed by atoms with Crippen molar-refractivity contribution >= 4 is 0 Å². The highest BCUT2D eigenvalue weighted by molar-refractivity contribution is 5.53. The normalized spacial score (nSPS) is 15.0. The quantitative estimate of drug-likeness (QED) is 0.801. The van der Waals surface area contributed by atoms with Gasteiger partial charge in [0.05, 0.1) is 0 Å². The Hall–Kier alpha value is -2.54. The van der Waals surface area contributed by atoms with Gasteiger partial charge in [0.25, 0.3) is 5.89 Å². The number of nitrogens with one attached hydrogen (secondary N) is 1. The van der Waals surface area contributed by atoms with E-state index in [1.807, 2.05) is 6.92 Å². The predicted octanol–water partition coefficient (Wildman–Crippen LogP) is 2.06. The van der Waals surface area contributed by atoms with Crippen LogP contribution in [-0.4, -0.2) is 33.0 Å². The van der Waals surface area contributed by atoms with Crippen molar-refractivity contribution < 1.29 is 8.91 Å². The molecule has 1 aliphatic rings. The van der Waals surface area contributed by atoms with E-state index in [2.05, 4.69) is 20.6 Å². The minimum absolute atomic E-state index is 0.298. The van der Waals surface area contributed by atoms with Gasteiger partial charge in [-0.05, 0) is 19.1 Å². The number of aryl methyl sites for hydroxylation is 1. The Morgan fingerprint density at radius 2 is 2.14 bits per heavy atom. The molecule has 0 aliphatic carbocycles. The molecule has 6 nitrogen and oxygen atoms in total. The molecule has 1 saturated heterocycles. The largest absolute Gasteiger partial charge is 0.332 e. The Morgan fingerprint density at radius 3 is 2.86 bits per heavy atom. The zero-order chi connectivity index (χ0) is 15.1. The van der Waals surface area contributed by atoms with Crippen molar-refractivity contribution in [3.8, 4) is 17.3 Å². The fraction of sp³-hybridized carbons (Fsp3) is 0.267. The number of rotatable bonds is 3. The van der Waals surface area contributed by atoms with Crippen LogP contribution in [0.1, 0.15) is 17.3 Å². The lowest BCUT2D eigenvalue weighted by Gasteiger charge is -2.23. The number of halogens is 1. The number of hydrogen-bond acceptors (Lipinski definition) is 5. The average Bonchev–Trinajstić information content (AvgIpc) is 3.04. The first-order valence-electron chi connectivity index (χ1n) is 7.08. The highest BCUT2D eigenvalue weighted by atomic mass is 19.1. The van der Waals surface area contributed by atoms with Crippen LogP contribution >= 0.6 is 0 Å². The molecule has 7 heteroatoms. The van der Waals surface area contributed by atoms with Gasteiger partial charge in [-0.15, -0.1) is 0 Å². The Kier molecular flexibility index (Phi) is 3.00. The van der Waals surface area contributed by atoms with Crippen LogP contribution in [-0.2, 0) is 0 Å². The lowest BCUT2D eigenvalue weighted by Crippen LogP contribution is -2.40. The number of benzene rings is 1. The number of aromatic nitrogens is 4. The average molecular weight is 299 g/mol. The van der Waals surface area contributed by atoms with Gasteiger partial charge in [0, 0.05) is 30.8 Å². The van der Waals surface area contributed by atoms with E-state index in [4.69, 9.17) is 4.52 Å². The molecule has 0 bridgehead atoms. The summed E-state index contributed by atoms with van der Waals surface area (Å²) in [7, 11) is 0. The van der Waals surface area contributed by atoms with E-state index in [0.29, 0.717) is 29.0 Å². The van der Waals surface area contributed by atoms with E-state index in [1.54, 1.807) is 24.4 Å². The topological polar surface area (TPSA) is 68.8 Å². The maximum atomic E-state index is 13.9. The first kappa shape index (κ1) is 13.1. The molecule has 4 rings (SSSR count). The van der Waals surface area contributed by atoms with Crippen LogP contribution in [0.25, 0.3) is 17.3 Å². The van der Waals surface area contributed by atoms with Crippen LogP contribution in [0, 0.1) is 12.7 Å². The van der Waals surface area contributed by atoms with Crippen LogP contribution in [0.5, 0.6) is 0 Å². The predicted molar refractivity (Wildman–Crippen MR) is 77.2 cm³/mol. The molecule has 1 aliphatic heterocycles. The molecule has 0 spiro atoms. The standard InChI is InChI=1S/C15H14FN5O/c1-9-8-21(12-5-3-2-4-11(12)16)19-13(9)15-18-14(20-22-15)10-6-17-7-10/h2-5,8,10,17H,6-7H2,1H3. The van der Waals surface area contributed by atoms with Crippen molar-refractivity contribution in [2.24, 2.45) is 0 Å². The number of nitrogens with zero attached hydrogens (tertiary/aromatic N) is 4. The molecule has 3 aromatic rings. The Labute approximate surface area is 126 Å². The lowest BCUT2D eigenvalue weighted by molar-refractivity contribution is 0.382. The van der Waals surface area contributed by atoms with Gasteiger partial charge in [-0.3, -0.25) is 0 Å². The van der Waals surface area contributed by atoms with Gasteiger partial charge in [0.1, 0.15) is 11.5 Å². The van der Waals surface area contributed by atoms with Gasteiger partial charge in [0.2, 0.25) is 0 Å². The van der Waals surface area contributed by atoms with E-state index < -0.39 is 0 Å². The summed E-state index contributed by atoms with van der Waals surface area (Å²) in [4.78, 5) is 4.41. The number of hydrogen-bond donors (Lipinski definition) is 1. The van der Waals surface area contributed by atoms with Crippen molar-refractivity contribution in [3.05, 3.63) is 47.7 Å². The lowest BCUT2D eigenvalue weighted by atomic mass is 10.0. The molecule has 1 N–H and O–H groups in total. The Balaban J connectivity index is 1.71. The van der Waals surface area contributed by atoms with Crippen LogP contribution in [0.2, 0.25) is 0 Å². The molecular weight excluding hydrogens is 285 g/mol. The molecule has 0 radical (unpaired) electrons. The summed E-state index contributed by atoms with van der Waals surface area (Å²) in [5.41, 5.74) is 1.82. The van der Waals surface area contributed by atoms with Crippen molar-refractivity contribution in [1.29, 1.82) is 0 Å². The van der Waals surface area contributed by atoms with E-state index in [9.17, 15) is 4.39 Å². The second-order valence-corrected chi connectivity index (χ2v) is 5.37. The smallest absolute Gasteiger partial charge is 0.278 e.